The Bertz CT molecular complexity index is 275. The molecule has 2 nitrogen and oxygen atoms in total. The molecule has 0 aliphatic heterocycles. The average molecular weight is 275 g/mol. The van der Waals surface area contributed by atoms with E-state index in [1.54, 1.807) is 6.07 Å². The highest BCUT2D eigenvalue weighted by molar-refractivity contribution is 14.1. The largest absolute Gasteiger partial charge is 0.323 e. The van der Waals surface area contributed by atoms with Gasteiger partial charge in [0.05, 0.1) is 0 Å². The monoisotopic (exact) mass is 275 g/mol. The van der Waals surface area contributed by atoms with Crippen LogP contribution >= 0.6 is 22.6 Å². The van der Waals surface area contributed by atoms with Crippen LogP contribution in [0.2, 0.25) is 0 Å². The van der Waals surface area contributed by atoms with Crippen LogP contribution in [0.3, 0.4) is 0 Å². The highest BCUT2D eigenvalue weighted by Gasteiger charge is 2.03. The number of aldehydes is 1. The molecule has 64 valence electrons. The summed E-state index contributed by atoms with van der Waals surface area (Å²) < 4.78 is 0.861. The standard InChI is InChI=1S/C9H10INO/c10-5-9(11)8-3-1-2-7(4-8)6-12/h1-4,6,9H,5,11H2. The minimum Gasteiger partial charge on any atom is -0.323 e. The van der Waals surface area contributed by atoms with E-state index in [2.05, 4.69) is 22.6 Å². The van der Waals surface area contributed by atoms with Crippen molar-refractivity contribution in [2.45, 2.75) is 6.04 Å². The summed E-state index contributed by atoms with van der Waals surface area (Å²) >= 11 is 2.23. The number of rotatable bonds is 3. The second-order valence-corrected chi connectivity index (χ2v) is 3.43. The third-order valence-corrected chi connectivity index (χ3v) is 2.59. The normalized spacial score (nSPS) is 12.5. The van der Waals surface area contributed by atoms with Gasteiger partial charge in [-0.15, -0.1) is 0 Å². The molecule has 0 saturated heterocycles. The summed E-state index contributed by atoms with van der Waals surface area (Å²) in [5.74, 6) is 0. The molecular weight excluding hydrogens is 265 g/mol. The molecule has 0 saturated carbocycles. The predicted molar refractivity (Wildman–Crippen MR) is 57.6 cm³/mol. The van der Waals surface area contributed by atoms with Crippen molar-refractivity contribution in [1.82, 2.24) is 0 Å². The Labute approximate surface area is 85.3 Å². The van der Waals surface area contributed by atoms with Crippen molar-refractivity contribution >= 4 is 28.9 Å². The van der Waals surface area contributed by atoms with Crippen molar-refractivity contribution in [2.24, 2.45) is 5.73 Å². The Hall–Kier alpha value is -0.420. The maximum Gasteiger partial charge on any atom is 0.150 e. The van der Waals surface area contributed by atoms with Crippen LogP contribution in [0.1, 0.15) is 22.0 Å². The van der Waals surface area contributed by atoms with Gasteiger partial charge in [0, 0.05) is 16.0 Å². The minimum atomic E-state index is 0.0329. The SMILES string of the molecule is NC(CI)c1cccc(C=O)c1. The van der Waals surface area contributed by atoms with E-state index in [1.165, 1.54) is 0 Å². The minimum absolute atomic E-state index is 0.0329. The van der Waals surface area contributed by atoms with Crippen molar-refractivity contribution in [2.75, 3.05) is 4.43 Å². The summed E-state index contributed by atoms with van der Waals surface area (Å²) in [5, 5.41) is 0. The molecular formula is C9H10INO. The fraction of sp³-hybridized carbons (Fsp3) is 0.222. The number of hydrogen-bond acceptors (Lipinski definition) is 2. The number of alkyl halides is 1. The molecule has 0 radical (unpaired) electrons. The van der Waals surface area contributed by atoms with Crippen LogP contribution in [-0.4, -0.2) is 10.7 Å². The van der Waals surface area contributed by atoms with Crippen molar-refractivity contribution < 1.29 is 4.79 Å². The van der Waals surface area contributed by atoms with E-state index in [-0.39, 0.29) is 6.04 Å². The van der Waals surface area contributed by atoms with Gasteiger partial charge in [-0.2, -0.15) is 0 Å². The van der Waals surface area contributed by atoms with Gasteiger partial charge in [-0.1, -0.05) is 40.8 Å². The molecule has 1 aromatic rings. The lowest BCUT2D eigenvalue weighted by molar-refractivity contribution is 0.112. The molecule has 0 aromatic heterocycles. The molecule has 0 fully saturated rings. The molecule has 0 bridgehead atoms. The first kappa shape index (κ1) is 9.67. The maximum atomic E-state index is 10.4. The number of carbonyl (C=O) groups is 1. The van der Waals surface area contributed by atoms with Gasteiger partial charge in [-0.3, -0.25) is 4.79 Å². The van der Waals surface area contributed by atoms with Crippen molar-refractivity contribution in [3.63, 3.8) is 0 Å². The zero-order chi connectivity index (χ0) is 8.97. The lowest BCUT2D eigenvalue weighted by atomic mass is 10.1. The Morgan fingerprint density at radius 3 is 2.92 bits per heavy atom. The van der Waals surface area contributed by atoms with Crippen molar-refractivity contribution in [1.29, 1.82) is 0 Å². The predicted octanol–water partition coefficient (Wildman–Crippen LogP) is 1.93. The van der Waals surface area contributed by atoms with Gasteiger partial charge in [0.25, 0.3) is 0 Å². The molecule has 1 aromatic carbocycles. The Morgan fingerprint density at radius 1 is 1.58 bits per heavy atom. The fourth-order valence-corrected chi connectivity index (χ4v) is 1.46. The summed E-state index contributed by atoms with van der Waals surface area (Å²) in [4.78, 5) is 10.4. The molecule has 0 amide bonds. The van der Waals surface area contributed by atoms with Crippen LogP contribution in [-0.2, 0) is 0 Å². The molecule has 2 N–H and O–H groups in total. The van der Waals surface area contributed by atoms with E-state index in [9.17, 15) is 4.79 Å². The highest BCUT2D eigenvalue weighted by Crippen LogP contribution is 2.13. The number of carbonyl (C=O) groups excluding carboxylic acids is 1. The van der Waals surface area contributed by atoms with Crippen LogP contribution in [0.4, 0.5) is 0 Å². The third kappa shape index (κ3) is 2.28. The fourth-order valence-electron chi connectivity index (χ4n) is 0.952. The smallest absolute Gasteiger partial charge is 0.150 e. The molecule has 0 heterocycles. The lowest BCUT2D eigenvalue weighted by Gasteiger charge is -2.07. The van der Waals surface area contributed by atoms with Crippen LogP contribution in [0.25, 0.3) is 0 Å². The van der Waals surface area contributed by atoms with Crippen LogP contribution < -0.4 is 5.73 Å². The maximum absolute atomic E-state index is 10.4. The van der Waals surface area contributed by atoms with Crippen molar-refractivity contribution in [3.8, 4) is 0 Å². The molecule has 1 rings (SSSR count). The first-order valence-corrected chi connectivity index (χ1v) is 5.17. The number of benzene rings is 1. The molecule has 1 unspecified atom stereocenters. The van der Waals surface area contributed by atoms with E-state index >= 15 is 0 Å². The van der Waals surface area contributed by atoms with Crippen LogP contribution in [0, 0.1) is 0 Å². The summed E-state index contributed by atoms with van der Waals surface area (Å²) in [6, 6.07) is 7.43. The van der Waals surface area contributed by atoms with Gasteiger partial charge in [0.1, 0.15) is 6.29 Å². The zero-order valence-electron chi connectivity index (χ0n) is 6.53. The van der Waals surface area contributed by atoms with Crippen LogP contribution in [0.5, 0.6) is 0 Å². The van der Waals surface area contributed by atoms with Gasteiger partial charge in [0.15, 0.2) is 0 Å². The van der Waals surface area contributed by atoms with Gasteiger partial charge in [0.2, 0.25) is 0 Å². The van der Waals surface area contributed by atoms with Gasteiger partial charge in [-0.05, 0) is 11.6 Å². The summed E-state index contributed by atoms with van der Waals surface area (Å²) in [6.07, 6.45) is 0.837. The molecule has 1 atom stereocenters. The number of nitrogens with two attached hydrogens (primary N) is 1. The molecule has 0 aliphatic rings. The topological polar surface area (TPSA) is 43.1 Å². The molecule has 0 aliphatic carbocycles. The van der Waals surface area contributed by atoms with E-state index in [4.69, 9.17) is 5.73 Å². The van der Waals surface area contributed by atoms with E-state index in [0.29, 0.717) is 5.56 Å². The summed E-state index contributed by atoms with van der Waals surface area (Å²) in [6.45, 7) is 0. The third-order valence-electron chi connectivity index (χ3n) is 1.64. The van der Waals surface area contributed by atoms with Gasteiger partial charge >= 0.3 is 0 Å². The summed E-state index contributed by atoms with van der Waals surface area (Å²) in [5.41, 5.74) is 7.50. The molecule has 3 heteroatoms. The average Bonchev–Trinajstić information content (AvgIpc) is 2.17. The quantitative estimate of drug-likeness (QED) is 0.520. The van der Waals surface area contributed by atoms with Gasteiger partial charge < -0.3 is 5.73 Å². The second-order valence-electron chi connectivity index (χ2n) is 2.55. The van der Waals surface area contributed by atoms with E-state index < -0.39 is 0 Å². The highest BCUT2D eigenvalue weighted by atomic mass is 127. The Kier molecular flexibility index (Phi) is 3.68. The van der Waals surface area contributed by atoms with E-state index in [1.807, 2.05) is 18.2 Å². The van der Waals surface area contributed by atoms with Crippen LogP contribution in [0.15, 0.2) is 24.3 Å². The van der Waals surface area contributed by atoms with Gasteiger partial charge in [-0.25, -0.2) is 0 Å². The van der Waals surface area contributed by atoms with E-state index in [0.717, 1.165) is 16.3 Å². The zero-order valence-corrected chi connectivity index (χ0v) is 8.69. The molecule has 12 heavy (non-hydrogen) atoms. The molecule has 0 spiro atoms. The number of hydrogen-bond donors (Lipinski definition) is 1. The first-order valence-electron chi connectivity index (χ1n) is 3.64. The summed E-state index contributed by atoms with van der Waals surface area (Å²) in [7, 11) is 0. The lowest BCUT2D eigenvalue weighted by Crippen LogP contribution is -2.11. The second kappa shape index (κ2) is 4.57. The first-order chi connectivity index (χ1) is 5.77. The number of halogens is 1. The Morgan fingerprint density at radius 2 is 2.33 bits per heavy atom. The Balaban J connectivity index is 2.93. The van der Waals surface area contributed by atoms with Crippen molar-refractivity contribution in [3.05, 3.63) is 35.4 Å².